The molecule has 0 unspecified atom stereocenters. The van der Waals surface area contributed by atoms with Gasteiger partial charge in [0.15, 0.2) is 5.82 Å². The summed E-state index contributed by atoms with van der Waals surface area (Å²) in [7, 11) is 1.68. The van der Waals surface area contributed by atoms with Crippen molar-refractivity contribution in [3.8, 4) is 11.5 Å². The number of likely N-dealkylation sites (tertiary alicyclic amines) is 2. The minimum Gasteiger partial charge on any atom is -0.457 e. The second-order valence-corrected chi connectivity index (χ2v) is 10.8. The summed E-state index contributed by atoms with van der Waals surface area (Å²) in [6.45, 7) is 5.11. The highest BCUT2D eigenvalue weighted by atomic mass is 16.6. The molecule has 3 atom stereocenters. The van der Waals surface area contributed by atoms with Crippen LogP contribution in [0, 0.1) is 23.0 Å². The molecule has 0 aliphatic carbocycles. The maximum absolute atomic E-state index is 12.6. The van der Waals surface area contributed by atoms with E-state index < -0.39 is 5.60 Å². The van der Waals surface area contributed by atoms with E-state index in [0.29, 0.717) is 50.8 Å². The summed E-state index contributed by atoms with van der Waals surface area (Å²) in [5.41, 5.74) is 6.72. The predicted molar refractivity (Wildman–Crippen MR) is 151 cm³/mol. The van der Waals surface area contributed by atoms with E-state index >= 15 is 0 Å². The van der Waals surface area contributed by atoms with Gasteiger partial charge in [-0.2, -0.15) is 0 Å². The van der Waals surface area contributed by atoms with Gasteiger partial charge in [0, 0.05) is 57.4 Å². The molecule has 39 heavy (non-hydrogen) atoms. The van der Waals surface area contributed by atoms with Crippen molar-refractivity contribution in [1.82, 2.24) is 9.80 Å². The molecule has 2 aliphatic heterocycles. The molecular weight excluding hydrogens is 496 g/mol. The van der Waals surface area contributed by atoms with Gasteiger partial charge in [-0.1, -0.05) is 36.4 Å². The smallest absolute Gasteiger partial charge is 0.274 e. The molecule has 3 N–H and O–H groups in total. The minimum atomic E-state index is -1.19. The van der Waals surface area contributed by atoms with Crippen LogP contribution in [0.5, 0.6) is 11.5 Å². The number of nitro groups is 1. The third-order valence-electron chi connectivity index (χ3n) is 8.01. The zero-order chi connectivity index (χ0) is 27.8. The van der Waals surface area contributed by atoms with E-state index in [1.165, 1.54) is 0 Å². The number of methoxy groups -OCH3 is 1. The number of benzene rings is 2. The van der Waals surface area contributed by atoms with Crippen molar-refractivity contribution in [1.29, 1.82) is 0 Å². The Balaban J connectivity index is 1.67. The zero-order valence-corrected chi connectivity index (χ0v) is 23.1. The Hall–Kier alpha value is -3.14. The summed E-state index contributed by atoms with van der Waals surface area (Å²) >= 11 is 0. The summed E-state index contributed by atoms with van der Waals surface area (Å²) in [5, 5.41) is 24.2. The van der Waals surface area contributed by atoms with Crippen molar-refractivity contribution in [2.45, 2.75) is 57.1 Å². The molecule has 0 spiro atoms. The van der Waals surface area contributed by atoms with Crippen molar-refractivity contribution in [3.63, 3.8) is 0 Å². The van der Waals surface area contributed by atoms with Crippen molar-refractivity contribution >= 4 is 0 Å². The van der Waals surface area contributed by atoms with Crippen LogP contribution in [-0.2, 0) is 10.3 Å². The molecule has 9 nitrogen and oxygen atoms in total. The molecule has 0 bridgehead atoms. The second-order valence-electron chi connectivity index (χ2n) is 10.8. The first-order valence-electron chi connectivity index (χ1n) is 14.0. The summed E-state index contributed by atoms with van der Waals surface area (Å²) in [6, 6.07) is 15.6. The van der Waals surface area contributed by atoms with E-state index in [1.54, 1.807) is 7.11 Å². The number of hydrogen-bond donors (Lipinski definition) is 2. The fourth-order valence-corrected chi connectivity index (χ4v) is 5.93. The molecule has 0 aromatic heterocycles. The van der Waals surface area contributed by atoms with Crippen LogP contribution >= 0.6 is 0 Å². The Labute approximate surface area is 231 Å². The summed E-state index contributed by atoms with van der Waals surface area (Å²) in [5.74, 6) is 1.81. The molecule has 4 rings (SSSR count). The first kappa shape index (κ1) is 28.9. The van der Waals surface area contributed by atoms with E-state index in [2.05, 4.69) is 4.90 Å². The lowest BCUT2D eigenvalue weighted by Gasteiger charge is -2.45. The van der Waals surface area contributed by atoms with Crippen molar-refractivity contribution < 1.29 is 19.5 Å². The molecule has 2 aromatic rings. The molecule has 2 fully saturated rings. The molecule has 0 amide bonds. The quantitative estimate of drug-likeness (QED) is 0.229. The number of aryl methyl sites for hydroxylation is 1. The van der Waals surface area contributed by atoms with E-state index in [0.717, 1.165) is 55.2 Å². The predicted octanol–water partition coefficient (Wildman–Crippen LogP) is 4.61. The van der Waals surface area contributed by atoms with Crippen LogP contribution in [0.25, 0.3) is 0 Å². The third kappa shape index (κ3) is 7.09. The Morgan fingerprint density at radius 1 is 1.10 bits per heavy atom. The molecule has 212 valence electrons. The number of nitrogens with two attached hydrogens (primary N) is 1. The number of ether oxygens (including phenoxy) is 2. The summed E-state index contributed by atoms with van der Waals surface area (Å²) in [4.78, 5) is 15.3. The molecule has 2 aliphatic rings. The number of rotatable bonds is 12. The lowest BCUT2D eigenvalue weighted by Crippen LogP contribution is -2.48. The third-order valence-corrected chi connectivity index (χ3v) is 8.01. The van der Waals surface area contributed by atoms with E-state index in [9.17, 15) is 15.2 Å². The van der Waals surface area contributed by atoms with Gasteiger partial charge in [0.1, 0.15) is 11.5 Å². The van der Waals surface area contributed by atoms with Gasteiger partial charge < -0.3 is 30.1 Å². The van der Waals surface area contributed by atoms with Crippen LogP contribution < -0.4 is 10.5 Å². The highest BCUT2D eigenvalue weighted by molar-refractivity contribution is 5.44. The van der Waals surface area contributed by atoms with Crippen LogP contribution in [0.15, 0.2) is 60.6 Å². The van der Waals surface area contributed by atoms with Gasteiger partial charge in [-0.15, -0.1) is 0 Å². The first-order valence-corrected chi connectivity index (χ1v) is 14.0. The fraction of sp³-hybridized carbons (Fsp3) is 0.533. The monoisotopic (exact) mass is 538 g/mol. The Kier molecular flexibility index (Phi) is 9.83. The Morgan fingerprint density at radius 2 is 1.82 bits per heavy atom. The standard InChI is InChI=1S/C30H42N4O5/c1-23-10-3-5-13-27(23)39-28-14-6-4-12-26(28)30(35,16-7-8-19-38-2)24-11-9-17-32(20-24)29(22-34(36)37)33-18-15-25(31)21-33/h3-6,10,12-14,22,24-25,35H,7-9,11,15-21,31H2,1-2H3/b29-22+/t24-,25+,30+/m1/s1. The topological polar surface area (TPSA) is 114 Å². The average molecular weight is 539 g/mol. The van der Waals surface area contributed by atoms with E-state index in [1.807, 2.05) is 60.4 Å². The first-order chi connectivity index (χ1) is 18.8. The van der Waals surface area contributed by atoms with Crippen molar-refractivity contribution in [2.24, 2.45) is 11.7 Å². The van der Waals surface area contributed by atoms with Crippen LogP contribution in [-0.4, -0.2) is 65.8 Å². The van der Waals surface area contributed by atoms with Crippen LogP contribution in [0.4, 0.5) is 0 Å². The molecule has 9 heteroatoms. The van der Waals surface area contributed by atoms with E-state index in [4.69, 9.17) is 15.2 Å². The molecule has 2 aromatic carbocycles. The minimum absolute atomic E-state index is 0.00364. The number of unbranched alkanes of at least 4 members (excludes halogenated alkanes) is 1. The average Bonchev–Trinajstić information content (AvgIpc) is 3.37. The number of para-hydroxylation sites is 2. The zero-order valence-electron chi connectivity index (χ0n) is 23.1. The lowest BCUT2D eigenvalue weighted by molar-refractivity contribution is -0.405. The molecule has 2 heterocycles. The maximum Gasteiger partial charge on any atom is 0.274 e. The summed E-state index contributed by atoms with van der Waals surface area (Å²) < 4.78 is 11.7. The largest absolute Gasteiger partial charge is 0.457 e. The van der Waals surface area contributed by atoms with Crippen molar-refractivity contribution in [2.75, 3.05) is 39.9 Å². The lowest BCUT2D eigenvalue weighted by atomic mass is 9.73. The summed E-state index contributed by atoms with van der Waals surface area (Å²) in [6.07, 6.45) is 5.67. The Bertz CT molecular complexity index is 1140. The van der Waals surface area contributed by atoms with Crippen LogP contribution in [0.3, 0.4) is 0 Å². The molecule has 2 saturated heterocycles. The van der Waals surface area contributed by atoms with Gasteiger partial charge >= 0.3 is 0 Å². The highest BCUT2D eigenvalue weighted by Crippen LogP contribution is 2.45. The van der Waals surface area contributed by atoms with Crippen molar-refractivity contribution in [3.05, 3.63) is 81.8 Å². The highest BCUT2D eigenvalue weighted by Gasteiger charge is 2.43. The molecule has 0 saturated carbocycles. The molecular formula is C30H42N4O5. The van der Waals surface area contributed by atoms with Gasteiger partial charge in [-0.05, 0) is 63.1 Å². The van der Waals surface area contributed by atoms with Gasteiger partial charge in [0.05, 0.1) is 10.5 Å². The number of piperidine rings is 1. The van der Waals surface area contributed by atoms with Gasteiger partial charge in [-0.3, -0.25) is 10.1 Å². The van der Waals surface area contributed by atoms with Crippen LogP contribution in [0.2, 0.25) is 0 Å². The number of nitrogens with zero attached hydrogens (tertiary/aromatic N) is 3. The molecule has 0 radical (unpaired) electrons. The number of aliphatic hydroxyl groups is 1. The maximum atomic E-state index is 12.6. The van der Waals surface area contributed by atoms with Crippen LogP contribution in [0.1, 0.15) is 49.7 Å². The van der Waals surface area contributed by atoms with Gasteiger partial charge in [0.25, 0.3) is 6.20 Å². The van der Waals surface area contributed by atoms with E-state index in [-0.39, 0.29) is 16.9 Å². The normalized spacial score (nSPS) is 21.6. The second kappa shape index (κ2) is 13.3. The van der Waals surface area contributed by atoms with Gasteiger partial charge in [-0.25, -0.2) is 0 Å². The SMILES string of the molecule is COCCCC[C@@](O)(c1ccccc1Oc1ccccc1C)[C@@H]1CCCN(/C(=C\[N+](=O)[O-])N2CC[C@H](N)C2)C1. The van der Waals surface area contributed by atoms with Gasteiger partial charge in [0.2, 0.25) is 0 Å². The Morgan fingerprint density at radius 3 is 2.51 bits per heavy atom. The fourth-order valence-electron chi connectivity index (χ4n) is 5.93. The number of hydrogen-bond acceptors (Lipinski definition) is 8.